The topological polar surface area (TPSA) is 68.2 Å². The molecule has 1 heterocycles. The average Bonchev–Trinajstić information content (AvgIpc) is 2.40. The Bertz CT molecular complexity index is 356. The van der Waals surface area contributed by atoms with Crippen LogP contribution in [0.5, 0.6) is 0 Å². The third-order valence-corrected chi connectivity index (χ3v) is 2.94. The van der Waals surface area contributed by atoms with E-state index in [1.807, 2.05) is 30.3 Å². The highest BCUT2D eigenvalue weighted by Gasteiger charge is 2.39. The van der Waals surface area contributed by atoms with Crippen molar-refractivity contribution in [3.63, 3.8) is 0 Å². The smallest absolute Gasteiger partial charge is 0.185 e. The standard InChI is InChI=1S/C13H18O5/c1-16-13-11(15)12(10(14)8-18-13)17-7-9-5-3-2-4-6-9/h2-6,10-15H,7-8H2,1H3/t10-,11-,12+,13+/m1/s1. The van der Waals surface area contributed by atoms with E-state index in [1.165, 1.54) is 7.11 Å². The van der Waals surface area contributed by atoms with Gasteiger partial charge in [0.25, 0.3) is 0 Å². The Labute approximate surface area is 106 Å². The minimum atomic E-state index is -0.998. The average molecular weight is 254 g/mol. The van der Waals surface area contributed by atoms with E-state index in [9.17, 15) is 10.2 Å². The lowest BCUT2D eigenvalue weighted by Crippen LogP contribution is -2.54. The third kappa shape index (κ3) is 3.07. The molecule has 0 saturated carbocycles. The SMILES string of the molecule is CO[C@H]1OC[C@@H](O)[C@H](OCc2ccccc2)[C@H]1O. The molecule has 0 aliphatic carbocycles. The van der Waals surface area contributed by atoms with Crippen LogP contribution in [0.15, 0.2) is 30.3 Å². The maximum absolute atomic E-state index is 9.94. The number of aliphatic hydroxyl groups is 2. The summed E-state index contributed by atoms with van der Waals surface area (Å²) in [6.45, 7) is 0.422. The molecular formula is C13H18O5. The molecule has 0 bridgehead atoms. The van der Waals surface area contributed by atoms with Gasteiger partial charge in [-0.3, -0.25) is 0 Å². The second kappa shape index (κ2) is 6.26. The van der Waals surface area contributed by atoms with Gasteiger partial charge in [-0.25, -0.2) is 0 Å². The molecule has 5 heteroatoms. The molecule has 1 aromatic rings. The molecule has 1 saturated heterocycles. The summed E-state index contributed by atoms with van der Waals surface area (Å²) in [5.74, 6) is 0. The molecule has 0 aromatic heterocycles. The van der Waals surface area contributed by atoms with Crippen LogP contribution in [0.3, 0.4) is 0 Å². The van der Waals surface area contributed by atoms with Crippen LogP contribution < -0.4 is 0 Å². The molecule has 0 spiro atoms. The highest BCUT2D eigenvalue weighted by Crippen LogP contribution is 2.20. The predicted molar refractivity (Wildman–Crippen MR) is 63.8 cm³/mol. The second-order valence-corrected chi connectivity index (χ2v) is 4.26. The Morgan fingerprint density at radius 2 is 2.00 bits per heavy atom. The Morgan fingerprint density at radius 1 is 1.28 bits per heavy atom. The molecule has 1 fully saturated rings. The molecule has 4 atom stereocenters. The molecule has 100 valence electrons. The Hall–Kier alpha value is -0.980. The number of rotatable bonds is 4. The highest BCUT2D eigenvalue weighted by atomic mass is 16.7. The van der Waals surface area contributed by atoms with Crippen molar-refractivity contribution in [1.82, 2.24) is 0 Å². The summed E-state index contributed by atoms with van der Waals surface area (Å²) in [6.07, 6.45) is -3.31. The summed E-state index contributed by atoms with van der Waals surface area (Å²) in [4.78, 5) is 0. The maximum atomic E-state index is 9.94. The summed E-state index contributed by atoms with van der Waals surface area (Å²) in [5.41, 5.74) is 0.984. The van der Waals surface area contributed by atoms with Crippen molar-refractivity contribution in [2.24, 2.45) is 0 Å². The maximum Gasteiger partial charge on any atom is 0.185 e. The number of methoxy groups -OCH3 is 1. The lowest BCUT2D eigenvalue weighted by Gasteiger charge is -2.36. The summed E-state index contributed by atoms with van der Waals surface area (Å²) in [7, 11) is 1.44. The van der Waals surface area contributed by atoms with Crippen molar-refractivity contribution in [3.8, 4) is 0 Å². The van der Waals surface area contributed by atoms with Crippen LogP contribution in [0, 0.1) is 0 Å². The van der Waals surface area contributed by atoms with E-state index in [1.54, 1.807) is 0 Å². The second-order valence-electron chi connectivity index (χ2n) is 4.26. The lowest BCUT2D eigenvalue weighted by atomic mass is 10.1. The lowest BCUT2D eigenvalue weighted by molar-refractivity contribution is -0.272. The first-order chi connectivity index (χ1) is 8.72. The number of hydrogen-bond acceptors (Lipinski definition) is 5. The Kier molecular flexibility index (Phi) is 4.68. The van der Waals surface area contributed by atoms with Gasteiger partial charge in [0.1, 0.15) is 18.3 Å². The van der Waals surface area contributed by atoms with Gasteiger partial charge in [0, 0.05) is 7.11 Å². The zero-order valence-corrected chi connectivity index (χ0v) is 10.2. The molecule has 1 aromatic carbocycles. The quantitative estimate of drug-likeness (QED) is 0.808. The van der Waals surface area contributed by atoms with Crippen LogP contribution in [0.25, 0.3) is 0 Å². The molecule has 2 rings (SSSR count). The molecule has 18 heavy (non-hydrogen) atoms. The minimum Gasteiger partial charge on any atom is -0.388 e. The van der Waals surface area contributed by atoms with Crippen molar-refractivity contribution < 1.29 is 24.4 Å². The van der Waals surface area contributed by atoms with Gasteiger partial charge >= 0.3 is 0 Å². The van der Waals surface area contributed by atoms with Crippen LogP contribution in [0.4, 0.5) is 0 Å². The van der Waals surface area contributed by atoms with E-state index in [2.05, 4.69) is 0 Å². The molecular weight excluding hydrogens is 236 g/mol. The van der Waals surface area contributed by atoms with Gasteiger partial charge in [-0.15, -0.1) is 0 Å². The van der Waals surface area contributed by atoms with E-state index in [-0.39, 0.29) is 6.61 Å². The summed E-state index contributed by atoms with van der Waals surface area (Å²) in [6, 6.07) is 9.58. The van der Waals surface area contributed by atoms with Crippen molar-refractivity contribution in [2.75, 3.05) is 13.7 Å². The van der Waals surface area contributed by atoms with Crippen LogP contribution in [0.1, 0.15) is 5.56 Å². The van der Waals surface area contributed by atoms with Gasteiger partial charge < -0.3 is 24.4 Å². The van der Waals surface area contributed by atoms with E-state index < -0.39 is 24.6 Å². The molecule has 0 unspecified atom stereocenters. The van der Waals surface area contributed by atoms with E-state index in [0.29, 0.717) is 6.61 Å². The highest BCUT2D eigenvalue weighted by molar-refractivity contribution is 5.13. The van der Waals surface area contributed by atoms with Crippen molar-refractivity contribution in [1.29, 1.82) is 0 Å². The van der Waals surface area contributed by atoms with Crippen molar-refractivity contribution >= 4 is 0 Å². The van der Waals surface area contributed by atoms with E-state index in [0.717, 1.165) is 5.56 Å². The first kappa shape index (κ1) is 13.5. The molecule has 0 amide bonds. The fourth-order valence-corrected chi connectivity index (χ4v) is 1.95. The van der Waals surface area contributed by atoms with E-state index in [4.69, 9.17) is 14.2 Å². The molecule has 0 radical (unpaired) electrons. The van der Waals surface area contributed by atoms with Gasteiger partial charge in [0.15, 0.2) is 6.29 Å². The predicted octanol–water partition coefficient (Wildman–Crippen LogP) is 0.296. The van der Waals surface area contributed by atoms with Crippen LogP contribution >= 0.6 is 0 Å². The van der Waals surface area contributed by atoms with Gasteiger partial charge in [-0.1, -0.05) is 30.3 Å². The number of aliphatic hydroxyl groups excluding tert-OH is 2. The number of ether oxygens (including phenoxy) is 3. The first-order valence-corrected chi connectivity index (χ1v) is 5.88. The van der Waals surface area contributed by atoms with Gasteiger partial charge in [-0.2, -0.15) is 0 Å². The number of hydrogen-bond donors (Lipinski definition) is 2. The van der Waals surface area contributed by atoms with Crippen LogP contribution in [-0.4, -0.2) is 48.5 Å². The van der Waals surface area contributed by atoms with Gasteiger partial charge in [0.05, 0.1) is 13.2 Å². The molecule has 1 aliphatic heterocycles. The summed E-state index contributed by atoms with van der Waals surface area (Å²) in [5, 5.41) is 19.7. The Morgan fingerprint density at radius 3 is 2.67 bits per heavy atom. The van der Waals surface area contributed by atoms with Crippen molar-refractivity contribution in [2.45, 2.75) is 31.2 Å². The first-order valence-electron chi connectivity index (χ1n) is 5.88. The van der Waals surface area contributed by atoms with Gasteiger partial charge in [-0.05, 0) is 5.56 Å². The summed E-state index contributed by atoms with van der Waals surface area (Å²) < 4.78 is 15.7. The third-order valence-electron chi connectivity index (χ3n) is 2.94. The largest absolute Gasteiger partial charge is 0.388 e. The zero-order valence-electron chi connectivity index (χ0n) is 10.2. The summed E-state index contributed by atoms with van der Waals surface area (Å²) >= 11 is 0. The fraction of sp³-hybridized carbons (Fsp3) is 0.538. The Balaban J connectivity index is 1.94. The normalized spacial score (nSPS) is 32.4. The van der Waals surface area contributed by atoms with E-state index >= 15 is 0 Å². The zero-order chi connectivity index (χ0) is 13.0. The van der Waals surface area contributed by atoms with Crippen molar-refractivity contribution in [3.05, 3.63) is 35.9 Å². The minimum absolute atomic E-state index is 0.0923. The monoisotopic (exact) mass is 254 g/mol. The van der Waals surface area contributed by atoms with Gasteiger partial charge in [0.2, 0.25) is 0 Å². The number of benzene rings is 1. The molecule has 1 aliphatic rings. The fourth-order valence-electron chi connectivity index (χ4n) is 1.95. The molecule has 2 N–H and O–H groups in total. The molecule has 5 nitrogen and oxygen atoms in total. The van der Waals surface area contributed by atoms with Crippen LogP contribution in [-0.2, 0) is 20.8 Å². The van der Waals surface area contributed by atoms with Crippen LogP contribution in [0.2, 0.25) is 0 Å².